The lowest BCUT2D eigenvalue weighted by Crippen LogP contribution is -2.55. The van der Waals surface area contributed by atoms with Gasteiger partial charge in [-0.2, -0.15) is 0 Å². The molecule has 0 aromatic heterocycles. The van der Waals surface area contributed by atoms with Gasteiger partial charge in [-0.3, -0.25) is 14.5 Å². The maximum absolute atomic E-state index is 15.0. The second-order valence-corrected chi connectivity index (χ2v) is 11.9. The molecule has 2 aromatic carbocycles. The summed E-state index contributed by atoms with van der Waals surface area (Å²) in [6.07, 6.45) is 6.36. The first-order valence-corrected chi connectivity index (χ1v) is 14.7. The first kappa shape index (κ1) is 30.6. The smallest absolute Gasteiger partial charge is 0.229 e. The molecule has 6 nitrogen and oxygen atoms in total. The molecule has 5 rings (SSSR count). The molecule has 1 saturated carbocycles. The number of carbonyl (C=O) groups is 2. The van der Waals surface area contributed by atoms with Crippen molar-refractivity contribution in [2.75, 3.05) is 19.6 Å². The molecular formula is C30H36Br2F2N4O2. The van der Waals surface area contributed by atoms with Gasteiger partial charge in [-0.25, -0.2) is 13.8 Å². The van der Waals surface area contributed by atoms with Crippen LogP contribution in [-0.4, -0.2) is 53.2 Å². The highest BCUT2D eigenvalue weighted by molar-refractivity contribution is 9.10. The van der Waals surface area contributed by atoms with E-state index in [4.69, 9.17) is 4.99 Å². The Hall–Kier alpha value is -2.33. The minimum atomic E-state index is -0.813. The molecule has 0 atom stereocenters. The Labute approximate surface area is 253 Å². The fourth-order valence-corrected chi connectivity index (χ4v) is 6.56. The highest BCUT2D eigenvalue weighted by atomic mass is 79.9. The quantitative estimate of drug-likeness (QED) is 0.222. The van der Waals surface area contributed by atoms with Crippen LogP contribution in [0, 0.1) is 11.6 Å². The largest absolute Gasteiger partial charge is 0.355 e. The molecule has 2 aliphatic heterocycles. The van der Waals surface area contributed by atoms with Crippen molar-refractivity contribution in [2.24, 2.45) is 4.99 Å². The molecule has 0 radical (unpaired) electrons. The number of halogens is 4. The Morgan fingerprint density at radius 1 is 0.975 bits per heavy atom. The van der Waals surface area contributed by atoms with Crippen molar-refractivity contribution in [1.29, 1.82) is 0 Å². The monoisotopic (exact) mass is 680 g/mol. The van der Waals surface area contributed by atoms with E-state index in [1.54, 1.807) is 12.1 Å². The van der Waals surface area contributed by atoms with Crippen LogP contribution in [0.4, 0.5) is 8.78 Å². The Bertz CT molecular complexity index is 1210. The van der Waals surface area contributed by atoms with Gasteiger partial charge in [0.1, 0.15) is 0 Å². The van der Waals surface area contributed by atoms with E-state index in [-0.39, 0.29) is 34.8 Å². The van der Waals surface area contributed by atoms with Crippen LogP contribution in [0.25, 0.3) is 0 Å². The molecule has 0 spiro atoms. The van der Waals surface area contributed by atoms with Crippen LogP contribution < -0.4 is 5.32 Å². The lowest BCUT2D eigenvalue weighted by molar-refractivity contribution is -0.151. The molecule has 2 amide bonds. The maximum atomic E-state index is 15.0. The number of guanidine groups is 1. The van der Waals surface area contributed by atoms with Crippen LogP contribution in [-0.2, 0) is 21.5 Å². The Morgan fingerprint density at radius 3 is 2.27 bits per heavy atom. The first-order chi connectivity index (χ1) is 18.9. The number of piperidine rings is 2. The van der Waals surface area contributed by atoms with Gasteiger partial charge in [-0.05, 0) is 61.4 Å². The van der Waals surface area contributed by atoms with E-state index < -0.39 is 17.0 Å². The van der Waals surface area contributed by atoms with Crippen LogP contribution in [0.2, 0.25) is 0 Å². The number of rotatable bonds is 6. The van der Waals surface area contributed by atoms with Crippen LogP contribution in [0.15, 0.2) is 51.9 Å². The Kier molecular flexibility index (Phi) is 10.4. The van der Waals surface area contributed by atoms with Crippen molar-refractivity contribution in [2.45, 2.75) is 75.8 Å². The summed E-state index contributed by atoms with van der Waals surface area (Å²) in [6, 6.07) is 12.4. The summed E-state index contributed by atoms with van der Waals surface area (Å²) in [5.74, 6) is -0.978. The summed E-state index contributed by atoms with van der Waals surface area (Å²) >= 11 is 3.47. The van der Waals surface area contributed by atoms with Crippen molar-refractivity contribution in [3.8, 4) is 0 Å². The van der Waals surface area contributed by atoms with E-state index in [0.29, 0.717) is 63.8 Å². The van der Waals surface area contributed by atoms with Crippen molar-refractivity contribution < 1.29 is 18.4 Å². The molecule has 0 unspecified atom stereocenters. The van der Waals surface area contributed by atoms with Gasteiger partial charge in [0.15, 0.2) is 17.6 Å². The Balaban J connectivity index is 0.00000370. The third kappa shape index (κ3) is 6.75. The predicted octanol–water partition coefficient (Wildman–Crippen LogP) is 6.27. The summed E-state index contributed by atoms with van der Waals surface area (Å²) in [5, 5.41) is 3.54. The van der Waals surface area contributed by atoms with Gasteiger partial charge in [-0.1, -0.05) is 53.0 Å². The van der Waals surface area contributed by atoms with Gasteiger partial charge in [-0.15, -0.1) is 17.0 Å². The number of nitrogens with zero attached hydrogens (tertiary/aromatic N) is 3. The van der Waals surface area contributed by atoms with Gasteiger partial charge < -0.3 is 10.2 Å². The van der Waals surface area contributed by atoms with Crippen LogP contribution >= 0.6 is 32.9 Å². The third-order valence-corrected chi connectivity index (χ3v) is 8.97. The third-order valence-electron chi connectivity index (χ3n) is 8.44. The fourth-order valence-electron chi connectivity index (χ4n) is 6.29. The molecule has 40 heavy (non-hydrogen) atoms. The molecule has 1 aliphatic carbocycles. The number of benzene rings is 2. The Morgan fingerprint density at radius 2 is 1.62 bits per heavy atom. The molecule has 216 valence electrons. The van der Waals surface area contributed by atoms with Crippen LogP contribution in [0.3, 0.4) is 0 Å². The van der Waals surface area contributed by atoms with Crippen molar-refractivity contribution in [1.82, 2.24) is 15.1 Å². The van der Waals surface area contributed by atoms with E-state index in [9.17, 15) is 18.4 Å². The number of imide groups is 1. The molecule has 1 N–H and O–H groups in total. The molecule has 2 heterocycles. The number of carbonyl (C=O) groups excluding carboxylic acids is 2. The number of likely N-dealkylation sites (tertiary alicyclic amines) is 2. The van der Waals surface area contributed by atoms with Crippen LogP contribution in [0.5, 0.6) is 0 Å². The lowest BCUT2D eigenvalue weighted by atomic mass is 9.78. The van der Waals surface area contributed by atoms with E-state index in [1.165, 1.54) is 11.0 Å². The SMILES string of the molecule is Br.O=C1CCCC(=O)N1C1CCN(C(=NCc2ccc(Br)cc2)NCC2(c3cccc(F)c3F)CCCC2)CC1. The summed E-state index contributed by atoms with van der Waals surface area (Å²) in [5.41, 5.74) is 0.986. The number of aliphatic imine (C=N–C) groups is 1. The van der Waals surface area contributed by atoms with Crippen molar-refractivity contribution in [3.63, 3.8) is 0 Å². The normalized spacial score (nSPS) is 20.0. The highest BCUT2D eigenvalue weighted by Crippen LogP contribution is 2.42. The van der Waals surface area contributed by atoms with Crippen LogP contribution in [0.1, 0.15) is 68.9 Å². The topological polar surface area (TPSA) is 65.0 Å². The van der Waals surface area contributed by atoms with Gasteiger partial charge in [0.2, 0.25) is 11.8 Å². The second-order valence-electron chi connectivity index (χ2n) is 10.9. The number of hydrogen-bond acceptors (Lipinski definition) is 3. The van der Waals surface area contributed by atoms with E-state index in [2.05, 4.69) is 26.1 Å². The molecule has 0 bridgehead atoms. The summed E-state index contributed by atoms with van der Waals surface area (Å²) in [4.78, 5) is 33.5. The molecule has 2 saturated heterocycles. The summed E-state index contributed by atoms with van der Waals surface area (Å²) in [7, 11) is 0. The maximum Gasteiger partial charge on any atom is 0.229 e. The van der Waals surface area contributed by atoms with E-state index in [1.807, 2.05) is 24.3 Å². The lowest BCUT2D eigenvalue weighted by Gasteiger charge is -2.40. The minimum Gasteiger partial charge on any atom is -0.355 e. The molecule has 3 aliphatic rings. The predicted molar refractivity (Wildman–Crippen MR) is 160 cm³/mol. The minimum absolute atomic E-state index is 0. The molecule has 3 fully saturated rings. The van der Waals surface area contributed by atoms with Crippen molar-refractivity contribution >= 4 is 50.7 Å². The van der Waals surface area contributed by atoms with E-state index >= 15 is 0 Å². The number of hydrogen-bond donors (Lipinski definition) is 1. The van der Waals surface area contributed by atoms with Crippen molar-refractivity contribution in [3.05, 3.63) is 69.7 Å². The first-order valence-electron chi connectivity index (χ1n) is 13.9. The fraction of sp³-hybridized carbons (Fsp3) is 0.500. The highest BCUT2D eigenvalue weighted by Gasteiger charge is 2.39. The molecule has 2 aromatic rings. The van der Waals surface area contributed by atoms with Gasteiger partial charge in [0.05, 0.1) is 6.54 Å². The van der Waals surface area contributed by atoms with Gasteiger partial charge >= 0.3 is 0 Å². The number of nitrogens with one attached hydrogen (secondary N) is 1. The summed E-state index contributed by atoms with van der Waals surface area (Å²) in [6.45, 7) is 2.22. The summed E-state index contributed by atoms with van der Waals surface area (Å²) < 4.78 is 30.1. The zero-order valence-electron chi connectivity index (χ0n) is 22.5. The average molecular weight is 682 g/mol. The van der Waals surface area contributed by atoms with Gasteiger partial charge in [0.25, 0.3) is 0 Å². The standard InChI is InChI=1S/C30H35BrF2N4O2.BrH/c31-22-11-9-21(10-12-22)19-34-29(36-17-13-23(14-18-36)37-26(38)7-4-8-27(37)39)35-20-30(15-1-2-16-30)24-5-3-6-25(32)28(24)33;/h3,5-6,9-12,23H,1-2,4,7-8,13-20H2,(H,34,35);1H. The zero-order valence-corrected chi connectivity index (χ0v) is 25.8. The molecule has 10 heteroatoms. The molecular weight excluding hydrogens is 646 g/mol. The second kappa shape index (κ2) is 13.6. The van der Waals surface area contributed by atoms with E-state index in [0.717, 1.165) is 41.7 Å². The zero-order chi connectivity index (χ0) is 27.4. The average Bonchev–Trinajstić information content (AvgIpc) is 3.41. The number of amides is 2. The van der Waals surface area contributed by atoms with Gasteiger partial charge in [0, 0.05) is 48.4 Å².